The number of halogens is 3. The third kappa shape index (κ3) is 3.82. The van der Waals surface area contributed by atoms with Crippen molar-refractivity contribution in [1.82, 2.24) is 4.90 Å². The van der Waals surface area contributed by atoms with Crippen molar-refractivity contribution < 1.29 is 9.47 Å². The van der Waals surface area contributed by atoms with Crippen LogP contribution in [0.2, 0.25) is 10.0 Å². The molecule has 28 heavy (non-hydrogen) atoms. The van der Waals surface area contributed by atoms with E-state index in [9.17, 15) is 0 Å². The molecule has 0 amide bonds. The summed E-state index contributed by atoms with van der Waals surface area (Å²) in [6.45, 7) is 2.35. The standard InChI is InChI=1S/C22H24Cl3NO2/c1-27-16-6-5-15-13-26(9-7-14(15)11-16)20-4-2-3-17-18(20)12-19(24)22(21(17)25)28-10-8-23/h5-6,11-12,20H,2-4,7-10,13H2,1H3. The van der Waals surface area contributed by atoms with Crippen LogP contribution < -0.4 is 9.47 Å². The molecule has 1 aliphatic carbocycles. The van der Waals surface area contributed by atoms with Gasteiger partial charge in [-0.05, 0) is 66.1 Å². The van der Waals surface area contributed by atoms with E-state index >= 15 is 0 Å². The van der Waals surface area contributed by atoms with Crippen molar-refractivity contribution in [2.24, 2.45) is 0 Å². The molecule has 1 heterocycles. The van der Waals surface area contributed by atoms with Crippen molar-refractivity contribution in [1.29, 1.82) is 0 Å². The van der Waals surface area contributed by atoms with Crippen molar-refractivity contribution in [3.63, 3.8) is 0 Å². The average Bonchev–Trinajstić information content (AvgIpc) is 2.72. The Labute approximate surface area is 181 Å². The van der Waals surface area contributed by atoms with Gasteiger partial charge in [0.1, 0.15) is 12.4 Å². The molecule has 0 spiro atoms. The number of alkyl halides is 1. The third-order valence-corrected chi connectivity index (χ3v) is 6.63. The fourth-order valence-electron chi connectivity index (χ4n) is 4.43. The second kappa shape index (κ2) is 8.71. The topological polar surface area (TPSA) is 21.7 Å². The van der Waals surface area contributed by atoms with Gasteiger partial charge in [-0.1, -0.05) is 29.3 Å². The van der Waals surface area contributed by atoms with E-state index in [-0.39, 0.29) is 0 Å². The molecule has 0 saturated heterocycles. The van der Waals surface area contributed by atoms with E-state index in [0.717, 1.165) is 44.5 Å². The zero-order valence-corrected chi connectivity index (χ0v) is 18.2. The number of methoxy groups -OCH3 is 1. The predicted molar refractivity (Wildman–Crippen MR) is 115 cm³/mol. The fraction of sp³-hybridized carbons (Fsp3) is 0.455. The van der Waals surface area contributed by atoms with Gasteiger partial charge in [-0.2, -0.15) is 0 Å². The quantitative estimate of drug-likeness (QED) is 0.528. The van der Waals surface area contributed by atoms with E-state index in [2.05, 4.69) is 23.1 Å². The number of nitrogens with zero attached hydrogens (tertiary/aromatic N) is 1. The minimum absolute atomic E-state index is 0.330. The Morgan fingerprint density at radius 1 is 1.14 bits per heavy atom. The van der Waals surface area contributed by atoms with Crippen LogP contribution in [0.15, 0.2) is 24.3 Å². The summed E-state index contributed by atoms with van der Waals surface area (Å²) in [5.74, 6) is 1.90. The molecule has 150 valence electrons. The molecule has 1 aliphatic heterocycles. The highest BCUT2D eigenvalue weighted by Crippen LogP contribution is 2.46. The molecule has 0 fully saturated rings. The Bertz CT molecular complexity index is 871. The first-order chi connectivity index (χ1) is 13.6. The number of hydrogen-bond acceptors (Lipinski definition) is 3. The number of benzene rings is 2. The molecule has 4 rings (SSSR count). The fourth-order valence-corrected chi connectivity index (χ4v) is 5.19. The molecule has 3 nitrogen and oxygen atoms in total. The van der Waals surface area contributed by atoms with Crippen LogP contribution >= 0.6 is 34.8 Å². The Kier molecular flexibility index (Phi) is 6.27. The Morgan fingerprint density at radius 2 is 2.00 bits per heavy atom. The third-order valence-electron chi connectivity index (χ3n) is 5.79. The average molecular weight is 441 g/mol. The summed E-state index contributed by atoms with van der Waals surface area (Å²) < 4.78 is 11.1. The van der Waals surface area contributed by atoms with Gasteiger partial charge in [-0.15, -0.1) is 11.6 Å². The smallest absolute Gasteiger partial charge is 0.156 e. The summed E-state index contributed by atoms with van der Waals surface area (Å²) in [4.78, 5) is 2.55. The zero-order chi connectivity index (χ0) is 19.7. The van der Waals surface area contributed by atoms with Gasteiger partial charge in [0.05, 0.1) is 23.0 Å². The van der Waals surface area contributed by atoms with Crippen LogP contribution in [-0.4, -0.2) is 31.0 Å². The van der Waals surface area contributed by atoms with Crippen LogP contribution in [0, 0.1) is 0 Å². The van der Waals surface area contributed by atoms with Crippen LogP contribution in [0.3, 0.4) is 0 Å². The largest absolute Gasteiger partial charge is 0.497 e. The predicted octanol–water partition coefficient (Wildman–Crippen LogP) is 6.06. The summed E-state index contributed by atoms with van der Waals surface area (Å²) in [6, 6.07) is 8.78. The second-order valence-corrected chi connectivity index (χ2v) is 8.53. The summed E-state index contributed by atoms with van der Waals surface area (Å²) in [7, 11) is 1.72. The highest BCUT2D eigenvalue weighted by molar-refractivity contribution is 6.37. The van der Waals surface area contributed by atoms with Crippen molar-refractivity contribution in [3.05, 3.63) is 56.6 Å². The monoisotopic (exact) mass is 439 g/mol. The minimum atomic E-state index is 0.330. The van der Waals surface area contributed by atoms with Gasteiger partial charge in [-0.25, -0.2) is 0 Å². The lowest BCUT2D eigenvalue weighted by atomic mass is 9.85. The highest BCUT2D eigenvalue weighted by atomic mass is 35.5. The van der Waals surface area contributed by atoms with Gasteiger partial charge in [-0.3, -0.25) is 4.90 Å². The van der Waals surface area contributed by atoms with E-state index in [0.29, 0.717) is 34.3 Å². The number of ether oxygens (including phenoxy) is 2. The van der Waals surface area contributed by atoms with Gasteiger partial charge in [0.2, 0.25) is 0 Å². The molecule has 2 aliphatic rings. The molecule has 1 atom stereocenters. The highest BCUT2D eigenvalue weighted by Gasteiger charge is 2.31. The summed E-state index contributed by atoms with van der Waals surface area (Å²) >= 11 is 19.0. The summed E-state index contributed by atoms with van der Waals surface area (Å²) in [5, 5.41) is 1.22. The van der Waals surface area contributed by atoms with Crippen molar-refractivity contribution in [2.45, 2.75) is 38.3 Å². The normalized spacial score (nSPS) is 19.1. The zero-order valence-electron chi connectivity index (χ0n) is 15.9. The first kappa shape index (κ1) is 20.2. The van der Waals surface area contributed by atoms with Gasteiger partial charge in [0.25, 0.3) is 0 Å². The van der Waals surface area contributed by atoms with Crippen molar-refractivity contribution in [2.75, 3.05) is 26.1 Å². The van der Waals surface area contributed by atoms with Crippen molar-refractivity contribution in [3.8, 4) is 11.5 Å². The lowest BCUT2D eigenvalue weighted by Gasteiger charge is -2.39. The molecule has 0 radical (unpaired) electrons. The first-order valence-corrected chi connectivity index (χ1v) is 11.0. The van der Waals surface area contributed by atoms with E-state index < -0.39 is 0 Å². The van der Waals surface area contributed by atoms with Crippen LogP contribution in [0.25, 0.3) is 0 Å². The number of fused-ring (bicyclic) bond motifs is 2. The van der Waals surface area contributed by atoms with Gasteiger partial charge < -0.3 is 9.47 Å². The maximum atomic E-state index is 6.70. The molecule has 1 unspecified atom stereocenters. The second-order valence-electron chi connectivity index (χ2n) is 7.37. The number of rotatable bonds is 5. The minimum Gasteiger partial charge on any atom is -0.497 e. The summed E-state index contributed by atoms with van der Waals surface area (Å²) in [5.41, 5.74) is 5.18. The molecule has 0 N–H and O–H groups in total. The molecule has 2 aromatic rings. The van der Waals surface area contributed by atoms with Crippen molar-refractivity contribution >= 4 is 34.8 Å². The maximum absolute atomic E-state index is 6.70. The van der Waals surface area contributed by atoms with Gasteiger partial charge in [0, 0.05) is 19.1 Å². The lowest BCUT2D eigenvalue weighted by molar-refractivity contribution is 0.161. The summed E-state index contributed by atoms with van der Waals surface area (Å²) in [6.07, 6.45) is 4.21. The molecular formula is C22H24Cl3NO2. The van der Waals surface area contributed by atoms with Crippen LogP contribution in [0.4, 0.5) is 0 Å². The Balaban J connectivity index is 1.63. The van der Waals surface area contributed by atoms with E-state index in [1.165, 1.54) is 22.3 Å². The molecular weight excluding hydrogens is 417 g/mol. The van der Waals surface area contributed by atoms with Crippen LogP contribution in [-0.2, 0) is 19.4 Å². The number of hydrogen-bond donors (Lipinski definition) is 0. The first-order valence-electron chi connectivity index (χ1n) is 9.71. The van der Waals surface area contributed by atoms with E-state index in [1.807, 2.05) is 6.07 Å². The van der Waals surface area contributed by atoms with E-state index in [1.54, 1.807) is 7.11 Å². The maximum Gasteiger partial charge on any atom is 0.156 e. The Hall–Kier alpha value is -1.13. The molecule has 2 aromatic carbocycles. The van der Waals surface area contributed by atoms with E-state index in [4.69, 9.17) is 44.3 Å². The molecule has 0 bridgehead atoms. The Morgan fingerprint density at radius 3 is 2.79 bits per heavy atom. The lowest BCUT2D eigenvalue weighted by Crippen LogP contribution is -2.36. The van der Waals surface area contributed by atoms with Crippen LogP contribution in [0.5, 0.6) is 11.5 Å². The molecule has 0 aromatic heterocycles. The molecule has 6 heteroatoms. The van der Waals surface area contributed by atoms with Gasteiger partial charge in [0.15, 0.2) is 5.75 Å². The molecule has 0 saturated carbocycles. The SMILES string of the molecule is COc1ccc2c(c1)CCN(C1CCCc3c1cc(Cl)c(OCCCl)c3Cl)C2. The van der Waals surface area contributed by atoms with Crippen LogP contribution in [0.1, 0.15) is 41.1 Å². The van der Waals surface area contributed by atoms with Gasteiger partial charge >= 0.3 is 0 Å².